The van der Waals surface area contributed by atoms with Gasteiger partial charge in [0.25, 0.3) is 0 Å². The van der Waals surface area contributed by atoms with E-state index in [-0.39, 0.29) is 6.04 Å². The summed E-state index contributed by atoms with van der Waals surface area (Å²) in [6.45, 7) is 4.81. The lowest BCUT2D eigenvalue weighted by Crippen LogP contribution is -2.23. The van der Waals surface area contributed by atoms with Crippen LogP contribution in [0.3, 0.4) is 0 Å². The van der Waals surface area contributed by atoms with Crippen molar-refractivity contribution in [1.82, 2.24) is 25.1 Å². The summed E-state index contributed by atoms with van der Waals surface area (Å²) < 4.78 is 12.4. The second kappa shape index (κ2) is 6.53. The third kappa shape index (κ3) is 2.97. The number of nitrogens with zero attached hydrogens (tertiary/aromatic N) is 4. The molecule has 114 valence electrons. The molecule has 0 bridgehead atoms. The lowest BCUT2D eigenvalue weighted by molar-refractivity contribution is 0.352. The first-order valence-corrected chi connectivity index (χ1v) is 6.81. The van der Waals surface area contributed by atoms with Crippen LogP contribution in [0.2, 0.25) is 0 Å². The SMILES string of the molecule is CCn1nc(C)cc1C(NC)c1ncc(OC)nc1OC. The number of hydrogen-bond donors (Lipinski definition) is 1. The number of ether oxygens (including phenoxy) is 2. The van der Waals surface area contributed by atoms with Gasteiger partial charge in [0, 0.05) is 6.54 Å². The van der Waals surface area contributed by atoms with Crippen molar-refractivity contribution in [1.29, 1.82) is 0 Å². The number of methoxy groups -OCH3 is 2. The largest absolute Gasteiger partial charge is 0.480 e. The molecule has 1 N–H and O–H groups in total. The molecule has 1 atom stereocenters. The molecule has 2 aromatic rings. The van der Waals surface area contributed by atoms with Crippen LogP contribution in [0.1, 0.15) is 30.0 Å². The zero-order valence-electron chi connectivity index (χ0n) is 13.0. The van der Waals surface area contributed by atoms with Gasteiger partial charge in [0.2, 0.25) is 11.8 Å². The summed E-state index contributed by atoms with van der Waals surface area (Å²) in [6.07, 6.45) is 1.59. The van der Waals surface area contributed by atoms with Gasteiger partial charge >= 0.3 is 0 Å². The predicted molar refractivity (Wildman–Crippen MR) is 78.7 cm³/mol. The summed E-state index contributed by atoms with van der Waals surface area (Å²) in [7, 11) is 4.99. The zero-order valence-corrected chi connectivity index (χ0v) is 13.0. The molecule has 0 fully saturated rings. The van der Waals surface area contributed by atoms with Gasteiger partial charge in [-0.2, -0.15) is 10.1 Å². The van der Waals surface area contributed by atoms with Gasteiger partial charge in [-0.3, -0.25) is 4.68 Å². The summed E-state index contributed by atoms with van der Waals surface area (Å²) in [5.41, 5.74) is 2.69. The Bertz CT molecular complexity index is 611. The van der Waals surface area contributed by atoms with Gasteiger partial charge in [0.15, 0.2) is 0 Å². The van der Waals surface area contributed by atoms with Crippen LogP contribution < -0.4 is 14.8 Å². The molecule has 2 heterocycles. The van der Waals surface area contributed by atoms with Crippen molar-refractivity contribution in [3.63, 3.8) is 0 Å². The quantitative estimate of drug-likeness (QED) is 0.865. The maximum Gasteiger partial charge on any atom is 0.240 e. The first-order chi connectivity index (χ1) is 10.1. The molecule has 21 heavy (non-hydrogen) atoms. The number of aryl methyl sites for hydroxylation is 2. The first-order valence-electron chi connectivity index (χ1n) is 6.81. The van der Waals surface area contributed by atoms with Crippen LogP contribution in [0.4, 0.5) is 0 Å². The van der Waals surface area contributed by atoms with Gasteiger partial charge in [-0.25, -0.2) is 4.98 Å². The molecule has 0 spiro atoms. The Balaban J connectivity index is 2.50. The van der Waals surface area contributed by atoms with Crippen molar-refractivity contribution in [3.05, 3.63) is 29.3 Å². The predicted octanol–water partition coefficient (Wildman–Crippen LogP) is 1.33. The zero-order chi connectivity index (χ0) is 15.4. The van der Waals surface area contributed by atoms with E-state index in [0.29, 0.717) is 17.5 Å². The molecule has 1 unspecified atom stereocenters. The first kappa shape index (κ1) is 15.2. The summed E-state index contributed by atoms with van der Waals surface area (Å²) in [5.74, 6) is 0.862. The van der Waals surface area contributed by atoms with Crippen molar-refractivity contribution in [3.8, 4) is 11.8 Å². The molecule has 7 heteroatoms. The molecule has 0 saturated carbocycles. The molecule has 0 amide bonds. The van der Waals surface area contributed by atoms with Crippen LogP contribution >= 0.6 is 0 Å². The fourth-order valence-corrected chi connectivity index (χ4v) is 2.29. The average molecular weight is 291 g/mol. The maximum absolute atomic E-state index is 5.35. The van der Waals surface area contributed by atoms with Crippen LogP contribution in [0, 0.1) is 6.92 Å². The Morgan fingerprint density at radius 3 is 2.67 bits per heavy atom. The molecule has 0 aliphatic rings. The Morgan fingerprint density at radius 1 is 1.33 bits per heavy atom. The normalized spacial score (nSPS) is 12.2. The highest BCUT2D eigenvalue weighted by atomic mass is 16.5. The van der Waals surface area contributed by atoms with Crippen LogP contribution in [-0.2, 0) is 6.54 Å². The smallest absolute Gasteiger partial charge is 0.240 e. The Kier molecular flexibility index (Phi) is 4.74. The molecule has 0 radical (unpaired) electrons. The van der Waals surface area contributed by atoms with Crippen molar-refractivity contribution in [2.45, 2.75) is 26.4 Å². The van der Waals surface area contributed by atoms with Gasteiger partial charge in [0.05, 0.1) is 37.8 Å². The fourth-order valence-electron chi connectivity index (χ4n) is 2.29. The van der Waals surface area contributed by atoms with E-state index < -0.39 is 0 Å². The van der Waals surface area contributed by atoms with E-state index in [1.807, 2.05) is 24.7 Å². The minimum Gasteiger partial charge on any atom is -0.480 e. The van der Waals surface area contributed by atoms with Crippen LogP contribution in [-0.4, -0.2) is 41.0 Å². The minimum atomic E-state index is -0.153. The van der Waals surface area contributed by atoms with E-state index in [1.54, 1.807) is 20.4 Å². The lowest BCUT2D eigenvalue weighted by Gasteiger charge is -2.18. The van der Waals surface area contributed by atoms with Crippen molar-refractivity contribution >= 4 is 0 Å². The number of rotatable bonds is 6. The van der Waals surface area contributed by atoms with E-state index in [2.05, 4.69) is 27.3 Å². The van der Waals surface area contributed by atoms with Gasteiger partial charge in [0.1, 0.15) is 5.69 Å². The second-order valence-electron chi connectivity index (χ2n) is 4.55. The van der Waals surface area contributed by atoms with E-state index in [9.17, 15) is 0 Å². The summed E-state index contributed by atoms with van der Waals surface area (Å²) in [5, 5.41) is 7.73. The van der Waals surface area contributed by atoms with E-state index in [0.717, 1.165) is 17.9 Å². The molecule has 7 nitrogen and oxygen atoms in total. The number of hydrogen-bond acceptors (Lipinski definition) is 6. The molecule has 2 rings (SSSR count). The third-order valence-corrected chi connectivity index (χ3v) is 3.24. The topological polar surface area (TPSA) is 74.1 Å². The second-order valence-corrected chi connectivity index (χ2v) is 4.55. The Hall–Kier alpha value is -2.15. The van der Waals surface area contributed by atoms with Gasteiger partial charge in [-0.1, -0.05) is 0 Å². The highest BCUT2D eigenvalue weighted by Gasteiger charge is 2.23. The van der Waals surface area contributed by atoms with Gasteiger partial charge in [-0.15, -0.1) is 0 Å². The fraction of sp³-hybridized carbons (Fsp3) is 0.500. The maximum atomic E-state index is 5.35. The molecule has 0 aromatic carbocycles. The van der Waals surface area contributed by atoms with Crippen molar-refractivity contribution < 1.29 is 9.47 Å². The lowest BCUT2D eigenvalue weighted by atomic mass is 10.1. The standard InChI is InChI=1S/C14H21N5O2/c1-6-19-10(7-9(2)18-19)12(15-3)13-14(21-5)17-11(20-4)8-16-13/h7-8,12,15H,6H2,1-5H3. The van der Waals surface area contributed by atoms with Crippen LogP contribution in [0.25, 0.3) is 0 Å². The van der Waals surface area contributed by atoms with Gasteiger partial charge < -0.3 is 14.8 Å². The van der Waals surface area contributed by atoms with Crippen LogP contribution in [0.15, 0.2) is 12.3 Å². The molecule has 0 saturated heterocycles. The van der Waals surface area contributed by atoms with E-state index >= 15 is 0 Å². The number of aromatic nitrogens is 4. The molecule has 0 aliphatic heterocycles. The molecular weight excluding hydrogens is 270 g/mol. The highest BCUT2D eigenvalue weighted by molar-refractivity contribution is 5.32. The number of nitrogens with one attached hydrogen (secondary N) is 1. The average Bonchev–Trinajstić information content (AvgIpc) is 2.89. The van der Waals surface area contributed by atoms with E-state index in [4.69, 9.17) is 9.47 Å². The summed E-state index contributed by atoms with van der Waals surface area (Å²) >= 11 is 0. The highest BCUT2D eigenvalue weighted by Crippen LogP contribution is 2.28. The van der Waals surface area contributed by atoms with Crippen molar-refractivity contribution in [2.24, 2.45) is 0 Å². The summed E-state index contributed by atoms with van der Waals surface area (Å²) in [4.78, 5) is 8.73. The monoisotopic (exact) mass is 291 g/mol. The Morgan fingerprint density at radius 2 is 2.10 bits per heavy atom. The molecule has 0 aliphatic carbocycles. The Labute approximate surface area is 124 Å². The van der Waals surface area contributed by atoms with Gasteiger partial charge in [-0.05, 0) is 27.0 Å². The third-order valence-electron chi connectivity index (χ3n) is 3.24. The van der Waals surface area contributed by atoms with E-state index in [1.165, 1.54) is 0 Å². The minimum absolute atomic E-state index is 0.153. The summed E-state index contributed by atoms with van der Waals surface area (Å²) in [6, 6.07) is 1.88. The molecular formula is C14H21N5O2. The van der Waals surface area contributed by atoms with Crippen LogP contribution in [0.5, 0.6) is 11.8 Å². The molecule has 2 aromatic heterocycles. The van der Waals surface area contributed by atoms with Crippen molar-refractivity contribution in [2.75, 3.05) is 21.3 Å².